The number of benzene rings is 3. The maximum atomic E-state index is 13.6. The van der Waals surface area contributed by atoms with Crippen molar-refractivity contribution in [2.45, 2.75) is 13.0 Å². The van der Waals surface area contributed by atoms with Crippen LogP contribution in [0.15, 0.2) is 95.1 Å². The Morgan fingerprint density at radius 2 is 1.57 bits per heavy atom. The molecule has 7 nitrogen and oxygen atoms in total. The van der Waals surface area contributed by atoms with Crippen molar-refractivity contribution in [3.8, 4) is 0 Å². The molecule has 0 N–H and O–H groups in total. The Hall–Kier alpha value is -4.72. The Morgan fingerprint density at radius 3 is 2.34 bits per heavy atom. The Balaban J connectivity index is 1.53. The van der Waals surface area contributed by atoms with E-state index in [-0.39, 0.29) is 11.4 Å². The van der Waals surface area contributed by atoms with E-state index in [4.69, 9.17) is 9.97 Å². The molecule has 0 aliphatic heterocycles. The highest BCUT2D eigenvalue weighted by atomic mass is 19.1. The summed E-state index contributed by atoms with van der Waals surface area (Å²) in [5.41, 5.74) is 4.25. The van der Waals surface area contributed by atoms with Crippen LogP contribution in [0.25, 0.3) is 33.2 Å². The van der Waals surface area contributed by atoms with Gasteiger partial charge in [-0.05, 0) is 41.8 Å². The maximum absolute atomic E-state index is 13.6. The van der Waals surface area contributed by atoms with Crippen LogP contribution in [0.1, 0.15) is 11.1 Å². The third kappa shape index (κ3) is 3.85. The molecule has 3 heterocycles. The Morgan fingerprint density at radius 1 is 0.857 bits per heavy atom. The lowest BCUT2D eigenvalue weighted by atomic mass is 10.1. The summed E-state index contributed by atoms with van der Waals surface area (Å²) in [5, 5.41) is 4.92. The summed E-state index contributed by atoms with van der Waals surface area (Å²) in [6.45, 7) is 0.484. The SMILES string of the molecule is O=c1c2c3nc4ccccc4nc3n(/N=C\c3ccc(F)cc3)c2ncn1CCc1ccccc1. The molecule has 0 aliphatic rings. The fourth-order valence-electron chi connectivity index (χ4n) is 4.09. The zero-order chi connectivity index (χ0) is 23.8. The number of nitrogens with zero attached hydrogens (tertiary/aromatic N) is 6. The second-order valence-corrected chi connectivity index (χ2v) is 8.17. The first-order valence-electron chi connectivity index (χ1n) is 11.2. The van der Waals surface area contributed by atoms with E-state index >= 15 is 0 Å². The highest BCUT2D eigenvalue weighted by Gasteiger charge is 2.19. The lowest BCUT2D eigenvalue weighted by Gasteiger charge is -2.05. The topological polar surface area (TPSA) is 78.0 Å². The van der Waals surface area contributed by atoms with E-state index in [0.29, 0.717) is 51.8 Å². The van der Waals surface area contributed by atoms with Crippen molar-refractivity contribution in [3.63, 3.8) is 0 Å². The van der Waals surface area contributed by atoms with Gasteiger partial charge in [-0.3, -0.25) is 9.36 Å². The Labute approximate surface area is 198 Å². The van der Waals surface area contributed by atoms with Gasteiger partial charge in [0.15, 0.2) is 11.3 Å². The average molecular weight is 462 g/mol. The van der Waals surface area contributed by atoms with Gasteiger partial charge < -0.3 is 0 Å². The molecule has 6 aromatic rings. The third-order valence-electron chi connectivity index (χ3n) is 5.88. The minimum Gasteiger partial charge on any atom is -0.298 e. The van der Waals surface area contributed by atoms with Crippen LogP contribution in [0.5, 0.6) is 0 Å². The van der Waals surface area contributed by atoms with E-state index in [0.717, 1.165) is 5.56 Å². The highest BCUT2D eigenvalue weighted by molar-refractivity contribution is 6.04. The summed E-state index contributed by atoms with van der Waals surface area (Å²) in [7, 11) is 0. The number of aromatic nitrogens is 5. The van der Waals surface area contributed by atoms with Crippen LogP contribution >= 0.6 is 0 Å². The molecule has 0 aliphatic carbocycles. The smallest absolute Gasteiger partial charge is 0.265 e. The number of halogens is 1. The number of hydrogen-bond donors (Lipinski definition) is 0. The molecule has 35 heavy (non-hydrogen) atoms. The Bertz CT molecular complexity index is 1770. The van der Waals surface area contributed by atoms with Crippen molar-refractivity contribution in [2.75, 3.05) is 0 Å². The third-order valence-corrected chi connectivity index (χ3v) is 5.88. The molecule has 170 valence electrons. The van der Waals surface area contributed by atoms with Gasteiger partial charge in [-0.25, -0.2) is 19.3 Å². The monoisotopic (exact) mass is 462 g/mol. The van der Waals surface area contributed by atoms with Gasteiger partial charge in [0, 0.05) is 6.54 Å². The van der Waals surface area contributed by atoms with Gasteiger partial charge in [-0.1, -0.05) is 54.6 Å². The van der Waals surface area contributed by atoms with Gasteiger partial charge in [0.25, 0.3) is 5.56 Å². The average Bonchev–Trinajstić information content (AvgIpc) is 3.20. The minimum atomic E-state index is -0.325. The van der Waals surface area contributed by atoms with Crippen LogP contribution in [-0.4, -0.2) is 30.4 Å². The standard InChI is InChI=1S/C27H19FN6O/c28-20-12-10-19(11-13-20)16-30-34-25-23(24-26(34)32-22-9-5-4-8-21(22)31-24)27(35)33(17-29-25)15-14-18-6-2-1-3-7-18/h1-13,16-17H,14-15H2/b30-16-. The summed E-state index contributed by atoms with van der Waals surface area (Å²) in [6.07, 6.45) is 3.82. The lowest BCUT2D eigenvalue weighted by Crippen LogP contribution is -2.21. The van der Waals surface area contributed by atoms with Crippen LogP contribution in [-0.2, 0) is 13.0 Å². The van der Waals surface area contributed by atoms with Gasteiger partial charge in [0.2, 0.25) is 0 Å². The summed E-state index contributed by atoms with van der Waals surface area (Å²) < 4.78 is 16.4. The lowest BCUT2D eigenvalue weighted by molar-refractivity contribution is 0.628. The normalized spacial score (nSPS) is 11.8. The molecule has 6 rings (SSSR count). The summed E-state index contributed by atoms with van der Waals surface area (Å²) in [6, 6.07) is 23.4. The largest absolute Gasteiger partial charge is 0.298 e. The van der Waals surface area contributed by atoms with E-state index in [2.05, 4.69) is 10.1 Å². The molecule has 3 aromatic heterocycles. The number of aryl methyl sites for hydroxylation is 2. The Kier molecular flexibility index (Phi) is 5.11. The molecule has 0 radical (unpaired) electrons. The van der Waals surface area contributed by atoms with Crippen LogP contribution in [0, 0.1) is 5.82 Å². The van der Waals surface area contributed by atoms with Gasteiger partial charge in [-0.2, -0.15) is 9.78 Å². The molecule has 0 saturated carbocycles. The van der Waals surface area contributed by atoms with E-state index in [1.54, 1.807) is 22.9 Å². The molecule has 0 amide bonds. The number of fused-ring (bicyclic) bond motifs is 4. The molecule has 0 fully saturated rings. The first kappa shape index (κ1) is 20.9. The molecule has 8 heteroatoms. The zero-order valence-corrected chi connectivity index (χ0v) is 18.5. The quantitative estimate of drug-likeness (QED) is 0.352. The zero-order valence-electron chi connectivity index (χ0n) is 18.5. The van der Waals surface area contributed by atoms with Gasteiger partial charge in [-0.15, -0.1) is 0 Å². The van der Waals surface area contributed by atoms with Gasteiger partial charge in [0.05, 0.1) is 23.6 Å². The van der Waals surface area contributed by atoms with Crippen molar-refractivity contribution in [1.29, 1.82) is 0 Å². The van der Waals surface area contributed by atoms with E-state index in [1.165, 1.54) is 23.1 Å². The second kappa shape index (κ2) is 8.57. The maximum Gasteiger partial charge on any atom is 0.265 e. The second-order valence-electron chi connectivity index (χ2n) is 8.17. The van der Waals surface area contributed by atoms with Crippen molar-refractivity contribution in [1.82, 2.24) is 24.2 Å². The highest BCUT2D eigenvalue weighted by Crippen LogP contribution is 2.25. The number of para-hydroxylation sites is 2. The van der Waals surface area contributed by atoms with E-state index in [1.807, 2.05) is 54.6 Å². The molecule has 0 atom stereocenters. The van der Waals surface area contributed by atoms with Crippen molar-refractivity contribution >= 4 is 39.4 Å². The van der Waals surface area contributed by atoms with Crippen LogP contribution in [0.3, 0.4) is 0 Å². The van der Waals surface area contributed by atoms with Crippen LogP contribution < -0.4 is 5.56 Å². The van der Waals surface area contributed by atoms with E-state index in [9.17, 15) is 9.18 Å². The van der Waals surface area contributed by atoms with Gasteiger partial charge in [0.1, 0.15) is 16.7 Å². The van der Waals surface area contributed by atoms with Gasteiger partial charge >= 0.3 is 0 Å². The predicted octanol–water partition coefficient (Wildman–Crippen LogP) is 4.56. The van der Waals surface area contributed by atoms with E-state index < -0.39 is 0 Å². The summed E-state index contributed by atoms with van der Waals surface area (Å²) >= 11 is 0. The molecule has 0 unspecified atom stereocenters. The van der Waals surface area contributed by atoms with Crippen LogP contribution in [0.2, 0.25) is 0 Å². The molecule has 0 spiro atoms. The molecule has 0 bridgehead atoms. The van der Waals surface area contributed by atoms with Crippen molar-refractivity contribution in [3.05, 3.63) is 112 Å². The first-order valence-corrected chi connectivity index (χ1v) is 11.2. The fourth-order valence-corrected chi connectivity index (χ4v) is 4.09. The minimum absolute atomic E-state index is 0.198. The van der Waals surface area contributed by atoms with Crippen molar-refractivity contribution in [2.24, 2.45) is 5.10 Å². The summed E-state index contributed by atoms with van der Waals surface area (Å²) in [4.78, 5) is 27.7. The first-order chi connectivity index (χ1) is 17.2. The molecule has 0 saturated heterocycles. The number of rotatable bonds is 5. The molecular weight excluding hydrogens is 443 g/mol. The molecular formula is C27H19FN6O. The fraction of sp³-hybridized carbons (Fsp3) is 0.0741. The van der Waals surface area contributed by atoms with Crippen LogP contribution in [0.4, 0.5) is 4.39 Å². The van der Waals surface area contributed by atoms with Crippen molar-refractivity contribution < 1.29 is 4.39 Å². The molecule has 3 aromatic carbocycles. The summed E-state index contributed by atoms with van der Waals surface area (Å²) in [5.74, 6) is -0.325. The predicted molar refractivity (Wildman–Crippen MR) is 134 cm³/mol. The number of hydrogen-bond acceptors (Lipinski definition) is 5.